The number of likely N-dealkylation sites (tertiary alicyclic amines) is 1. The van der Waals surface area contributed by atoms with Crippen molar-refractivity contribution in [3.8, 4) is 0 Å². The van der Waals surface area contributed by atoms with Crippen molar-refractivity contribution in [3.63, 3.8) is 0 Å². The monoisotopic (exact) mass is 310 g/mol. The lowest BCUT2D eigenvalue weighted by Gasteiger charge is -2.57. The predicted molar refractivity (Wildman–Crippen MR) is 84.6 cm³/mol. The van der Waals surface area contributed by atoms with E-state index in [4.69, 9.17) is 4.74 Å². The third-order valence-corrected chi connectivity index (χ3v) is 6.53. The summed E-state index contributed by atoms with van der Waals surface area (Å²) in [5.41, 5.74) is -0.361. The average Bonchev–Trinajstić information content (AvgIpc) is 2.45. The lowest BCUT2D eigenvalue weighted by Crippen LogP contribution is -2.66. The first kappa shape index (κ1) is 16.2. The topological polar surface area (TPSA) is 53.0 Å². The fraction of sp³-hybridized carbons (Fsp3) is 0.941. The molecule has 0 bridgehead atoms. The molecule has 2 atom stereocenters. The molecule has 1 amide bonds. The second-order valence-corrected chi connectivity index (χ2v) is 7.50. The number of aliphatic hydroxyl groups excluding tert-OH is 1. The molecule has 3 fully saturated rings. The lowest BCUT2D eigenvalue weighted by atomic mass is 9.58. The molecule has 5 nitrogen and oxygen atoms in total. The molecule has 5 heteroatoms. The van der Waals surface area contributed by atoms with Gasteiger partial charge in [-0.05, 0) is 53.1 Å². The van der Waals surface area contributed by atoms with Crippen LogP contribution in [0.4, 0.5) is 0 Å². The van der Waals surface area contributed by atoms with Gasteiger partial charge in [-0.25, -0.2) is 0 Å². The van der Waals surface area contributed by atoms with E-state index in [9.17, 15) is 9.90 Å². The Kier molecular flexibility index (Phi) is 4.25. The number of aliphatic hydroxyl groups is 1. The molecule has 0 radical (unpaired) electrons. The molecule has 22 heavy (non-hydrogen) atoms. The van der Waals surface area contributed by atoms with Crippen LogP contribution in [0.1, 0.15) is 45.4 Å². The van der Waals surface area contributed by atoms with E-state index in [2.05, 4.69) is 4.90 Å². The molecule has 1 N–H and O–H groups in total. The first-order valence-corrected chi connectivity index (χ1v) is 8.73. The van der Waals surface area contributed by atoms with Crippen LogP contribution in [0.25, 0.3) is 0 Å². The summed E-state index contributed by atoms with van der Waals surface area (Å²) in [6.45, 7) is 4.23. The maximum absolute atomic E-state index is 12.9. The fourth-order valence-corrected chi connectivity index (χ4v) is 4.60. The molecule has 3 rings (SSSR count). The minimum atomic E-state index is -0.262. The SMILES string of the molecule is CCO[C@@H]1C[C@@H](O)C12CCN(C(=O)C1(N(C)C)CCC1)CC2. The van der Waals surface area contributed by atoms with E-state index in [1.807, 2.05) is 25.9 Å². The van der Waals surface area contributed by atoms with E-state index in [1.54, 1.807) is 0 Å². The number of hydrogen-bond donors (Lipinski definition) is 1. The molecule has 1 saturated heterocycles. The maximum Gasteiger partial charge on any atom is 0.243 e. The molecular formula is C17H30N2O3. The van der Waals surface area contributed by atoms with Crippen LogP contribution >= 0.6 is 0 Å². The predicted octanol–water partition coefficient (Wildman–Crippen LogP) is 1.25. The van der Waals surface area contributed by atoms with Crippen molar-refractivity contribution in [2.75, 3.05) is 33.8 Å². The van der Waals surface area contributed by atoms with Crippen LogP contribution in [0.2, 0.25) is 0 Å². The van der Waals surface area contributed by atoms with Crippen molar-refractivity contribution < 1.29 is 14.6 Å². The summed E-state index contributed by atoms with van der Waals surface area (Å²) < 4.78 is 5.80. The second-order valence-electron chi connectivity index (χ2n) is 7.50. The zero-order valence-electron chi connectivity index (χ0n) is 14.2. The average molecular weight is 310 g/mol. The Morgan fingerprint density at radius 2 is 1.91 bits per heavy atom. The summed E-state index contributed by atoms with van der Waals surface area (Å²) in [5, 5.41) is 10.3. The van der Waals surface area contributed by atoms with Crippen LogP contribution in [0.5, 0.6) is 0 Å². The number of ether oxygens (including phenoxy) is 1. The van der Waals surface area contributed by atoms with Gasteiger partial charge < -0.3 is 14.7 Å². The number of rotatable bonds is 4. The summed E-state index contributed by atoms with van der Waals surface area (Å²) in [6, 6.07) is 0. The Morgan fingerprint density at radius 1 is 1.27 bits per heavy atom. The Labute approximate surface area is 133 Å². The highest BCUT2D eigenvalue weighted by Gasteiger charge is 2.57. The van der Waals surface area contributed by atoms with Gasteiger partial charge in [0.15, 0.2) is 0 Å². The van der Waals surface area contributed by atoms with Gasteiger partial charge in [-0.1, -0.05) is 0 Å². The van der Waals surface area contributed by atoms with E-state index in [0.29, 0.717) is 12.5 Å². The molecule has 3 aliphatic rings. The smallest absolute Gasteiger partial charge is 0.243 e. The van der Waals surface area contributed by atoms with Gasteiger partial charge in [0.1, 0.15) is 5.54 Å². The highest BCUT2D eigenvalue weighted by atomic mass is 16.5. The summed E-state index contributed by atoms with van der Waals surface area (Å²) in [4.78, 5) is 17.1. The van der Waals surface area contributed by atoms with Crippen molar-refractivity contribution in [3.05, 3.63) is 0 Å². The van der Waals surface area contributed by atoms with E-state index < -0.39 is 0 Å². The van der Waals surface area contributed by atoms with E-state index in [0.717, 1.165) is 51.6 Å². The van der Waals surface area contributed by atoms with Gasteiger partial charge in [-0.2, -0.15) is 0 Å². The number of amides is 1. The van der Waals surface area contributed by atoms with Crippen molar-refractivity contribution in [1.29, 1.82) is 0 Å². The second kappa shape index (κ2) is 5.77. The normalized spacial score (nSPS) is 32.7. The van der Waals surface area contributed by atoms with Crippen LogP contribution < -0.4 is 0 Å². The summed E-state index contributed by atoms with van der Waals surface area (Å²) in [5.74, 6) is 0.292. The third kappa shape index (κ3) is 2.21. The number of hydrogen-bond acceptors (Lipinski definition) is 4. The molecule has 2 aliphatic carbocycles. The Bertz CT molecular complexity index is 424. The zero-order chi connectivity index (χ0) is 16.0. The van der Waals surface area contributed by atoms with Gasteiger partial charge in [-0.3, -0.25) is 9.69 Å². The molecule has 1 aliphatic heterocycles. The minimum Gasteiger partial charge on any atom is -0.392 e. The number of carbonyl (C=O) groups is 1. The molecule has 0 aromatic heterocycles. The van der Waals surface area contributed by atoms with Gasteiger partial charge in [0, 0.05) is 31.5 Å². The highest BCUT2D eigenvalue weighted by molar-refractivity contribution is 5.87. The van der Waals surface area contributed by atoms with Crippen LogP contribution in [0.3, 0.4) is 0 Å². The van der Waals surface area contributed by atoms with Crippen LogP contribution in [-0.2, 0) is 9.53 Å². The van der Waals surface area contributed by atoms with E-state index in [1.165, 1.54) is 0 Å². The summed E-state index contributed by atoms with van der Waals surface area (Å²) >= 11 is 0. The molecule has 0 aromatic rings. The van der Waals surface area contributed by atoms with E-state index in [-0.39, 0.29) is 23.2 Å². The van der Waals surface area contributed by atoms with Crippen LogP contribution in [0, 0.1) is 5.41 Å². The highest BCUT2D eigenvalue weighted by Crippen LogP contribution is 2.51. The Balaban J connectivity index is 1.63. The number of piperidine rings is 1. The van der Waals surface area contributed by atoms with Crippen molar-refractivity contribution in [2.45, 2.75) is 63.2 Å². The van der Waals surface area contributed by atoms with Gasteiger partial charge in [-0.15, -0.1) is 0 Å². The third-order valence-electron chi connectivity index (χ3n) is 6.53. The first-order valence-electron chi connectivity index (χ1n) is 8.73. The molecule has 126 valence electrons. The van der Waals surface area contributed by atoms with Crippen LogP contribution in [-0.4, -0.2) is 72.4 Å². The van der Waals surface area contributed by atoms with Gasteiger partial charge in [0.25, 0.3) is 0 Å². The fourth-order valence-electron chi connectivity index (χ4n) is 4.60. The Morgan fingerprint density at radius 3 is 2.32 bits per heavy atom. The summed E-state index contributed by atoms with van der Waals surface area (Å²) in [7, 11) is 4.03. The molecule has 2 saturated carbocycles. The standard InChI is InChI=1S/C17H30N2O3/c1-4-22-14-12-13(20)16(14)8-10-19(11-9-16)15(21)17(18(2)3)6-5-7-17/h13-14,20H,4-12H2,1-3H3/t13-,14-/m1/s1. The quantitative estimate of drug-likeness (QED) is 0.849. The molecule has 0 aromatic carbocycles. The van der Waals surface area contributed by atoms with Crippen LogP contribution in [0.15, 0.2) is 0 Å². The van der Waals surface area contributed by atoms with E-state index >= 15 is 0 Å². The zero-order valence-corrected chi connectivity index (χ0v) is 14.2. The van der Waals surface area contributed by atoms with Crippen molar-refractivity contribution in [2.24, 2.45) is 5.41 Å². The number of nitrogens with zero attached hydrogens (tertiary/aromatic N) is 2. The molecule has 1 heterocycles. The molecule has 1 spiro atoms. The molecular weight excluding hydrogens is 280 g/mol. The number of likely N-dealkylation sites (N-methyl/N-ethyl adjacent to an activating group) is 1. The first-order chi connectivity index (χ1) is 10.5. The summed E-state index contributed by atoms with van der Waals surface area (Å²) in [6.07, 6.45) is 5.51. The van der Waals surface area contributed by atoms with Gasteiger partial charge in [0.2, 0.25) is 5.91 Å². The number of carbonyl (C=O) groups excluding carboxylic acids is 1. The lowest BCUT2D eigenvalue weighted by molar-refractivity contribution is -0.211. The van der Waals surface area contributed by atoms with Crippen molar-refractivity contribution >= 4 is 5.91 Å². The van der Waals surface area contributed by atoms with Gasteiger partial charge in [0.05, 0.1) is 12.2 Å². The minimum absolute atomic E-state index is 0.0995. The molecule has 0 unspecified atom stereocenters. The Hall–Kier alpha value is -0.650. The van der Waals surface area contributed by atoms with Gasteiger partial charge >= 0.3 is 0 Å². The maximum atomic E-state index is 12.9. The van der Waals surface area contributed by atoms with Crippen molar-refractivity contribution in [1.82, 2.24) is 9.80 Å². The largest absolute Gasteiger partial charge is 0.392 e.